The second kappa shape index (κ2) is 8.41. The summed E-state index contributed by atoms with van der Waals surface area (Å²) in [6.07, 6.45) is 3.97. The second-order valence-electron chi connectivity index (χ2n) is 7.49. The van der Waals surface area contributed by atoms with E-state index < -0.39 is 30.0 Å². The molecule has 1 saturated carbocycles. The van der Waals surface area contributed by atoms with Gasteiger partial charge in [-0.25, -0.2) is 9.59 Å². The molecular formula is C20H24ClN3O5. The van der Waals surface area contributed by atoms with Crippen LogP contribution in [0.4, 0.5) is 10.5 Å². The molecule has 1 spiro atoms. The van der Waals surface area contributed by atoms with Crippen molar-refractivity contribution in [3.8, 4) is 0 Å². The zero-order valence-electron chi connectivity index (χ0n) is 16.4. The van der Waals surface area contributed by atoms with Crippen molar-refractivity contribution in [1.82, 2.24) is 10.2 Å². The van der Waals surface area contributed by atoms with Crippen molar-refractivity contribution in [2.24, 2.45) is 5.92 Å². The average molecular weight is 422 g/mol. The van der Waals surface area contributed by atoms with Gasteiger partial charge >= 0.3 is 12.0 Å². The van der Waals surface area contributed by atoms with Crippen LogP contribution in [0.25, 0.3) is 0 Å². The standard InChI is InChI=1S/C20H24ClN3O5/c1-3-12-6-8-20(9-7-12)18(27)24(19(28)23-20)11-16(25)22-15-10-13(17(26)29-2)4-5-14(15)21/h4-5,10,12H,3,6-9,11H2,1-2H3,(H,22,25)(H,23,28). The van der Waals surface area contributed by atoms with Crippen LogP contribution >= 0.6 is 11.6 Å². The highest BCUT2D eigenvalue weighted by Gasteiger charge is 2.52. The van der Waals surface area contributed by atoms with E-state index in [0.717, 1.165) is 24.2 Å². The van der Waals surface area contributed by atoms with Crippen molar-refractivity contribution in [2.45, 2.75) is 44.6 Å². The van der Waals surface area contributed by atoms with Gasteiger partial charge in [0, 0.05) is 0 Å². The number of amides is 4. The molecule has 156 valence electrons. The molecule has 0 aromatic heterocycles. The van der Waals surface area contributed by atoms with Gasteiger partial charge in [0.25, 0.3) is 5.91 Å². The first-order chi connectivity index (χ1) is 13.8. The van der Waals surface area contributed by atoms with Gasteiger partial charge in [-0.1, -0.05) is 24.9 Å². The summed E-state index contributed by atoms with van der Waals surface area (Å²) in [6, 6.07) is 3.75. The molecular weight excluding hydrogens is 398 g/mol. The van der Waals surface area contributed by atoms with E-state index >= 15 is 0 Å². The van der Waals surface area contributed by atoms with Crippen molar-refractivity contribution in [2.75, 3.05) is 19.0 Å². The van der Waals surface area contributed by atoms with E-state index in [4.69, 9.17) is 11.6 Å². The molecule has 1 aliphatic heterocycles. The van der Waals surface area contributed by atoms with Crippen molar-refractivity contribution in [3.05, 3.63) is 28.8 Å². The zero-order valence-corrected chi connectivity index (χ0v) is 17.2. The van der Waals surface area contributed by atoms with Crippen LogP contribution in [-0.4, -0.2) is 47.9 Å². The van der Waals surface area contributed by atoms with Crippen LogP contribution in [0.3, 0.4) is 0 Å². The topological polar surface area (TPSA) is 105 Å². The van der Waals surface area contributed by atoms with Crippen LogP contribution in [0.2, 0.25) is 5.02 Å². The van der Waals surface area contributed by atoms with Crippen molar-refractivity contribution < 1.29 is 23.9 Å². The van der Waals surface area contributed by atoms with Gasteiger partial charge in [0.05, 0.1) is 23.4 Å². The van der Waals surface area contributed by atoms with Gasteiger partial charge in [0.15, 0.2) is 0 Å². The molecule has 2 fully saturated rings. The SMILES string of the molecule is CCC1CCC2(CC1)NC(=O)N(CC(=O)Nc1cc(C(=O)OC)ccc1Cl)C2=O. The van der Waals surface area contributed by atoms with Crippen LogP contribution in [0, 0.1) is 5.92 Å². The molecule has 1 aromatic rings. The largest absolute Gasteiger partial charge is 0.465 e. The Hall–Kier alpha value is -2.61. The molecule has 1 aromatic carbocycles. The minimum absolute atomic E-state index is 0.199. The Morgan fingerprint density at radius 3 is 2.62 bits per heavy atom. The van der Waals surface area contributed by atoms with Crippen LogP contribution in [0.5, 0.6) is 0 Å². The number of anilines is 1. The fourth-order valence-corrected chi connectivity index (χ4v) is 4.10. The number of carbonyl (C=O) groups is 4. The summed E-state index contributed by atoms with van der Waals surface area (Å²) in [5, 5.41) is 5.57. The first-order valence-electron chi connectivity index (χ1n) is 9.61. The number of urea groups is 1. The predicted octanol–water partition coefficient (Wildman–Crippen LogP) is 2.96. The third kappa shape index (κ3) is 4.22. The Morgan fingerprint density at radius 2 is 2.00 bits per heavy atom. The summed E-state index contributed by atoms with van der Waals surface area (Å²) in [6.45, 7) is 1.69. The number of esters is 1. The maximum Gasteiger partial charge on any atom is 0.337 e. The van der Waals surface area contributed by atoms with E-state index in [0.29, 0.717) is 18.8 Å². The minimum atomic E-state index is -0.897. The van der Waals surface area contributed by atoms with Gasteiger partial charge in [0.1, 0.15) is 12.1 Å². The quantitative estimate of drug-likeness (QED) is 0.561. The van der Waals surface area contributed by atoms with E-state index in [1.807, 2.05) is 0 Å². The molecule has 1 saturated heterocycles. The van der Waals surface area contributed by atoms with Crippen molar-refractivity contribution in [1.29, 1.82) is 0 Å². The van der Waals surface area contributed by atoms with E-state index in [1.54, 1.807) is 0 Å². The summed E-state index contributed by atoms with van der Waals surface area (Å²) in [4.78, 5) is 50.3. The Morgan fingerprint density at radius 1 is 1.31 bits per heavy atom. The van der Waals surface area contributed by atoms with Gasteiger partial charge in [-0.3, -0.25) is 14.5 Å². The average Bonchev–Trinajstić information content (AvgIpc) is 2.93. The molecule has 0 bridgehead atoms. The van der Waals surface area contributed by atoms with Gasteiger partial charge in [0.2, 0.25) is 5.91 Å². The normalized spacial score (nSPS) is 23.8. The lowest BCUT2D eigenvalue weighted by Gasteiger charge is -2.34. The number of halogens is 1. The molecule has 1 aliphatic carbocycles. The number of ether oxygens (including phenoxy) is 1. The lowest BCUT2D eigenvalue weighted by Crippen LogP contribution is -2.49. The van der Waals surface area contributed by atoms with Gasteiger partial charge in [-0.15, -0.1) is 0 Å². The Balaban J connectivity index is 1.68. The van der Waals surface area contributed by atoms with E-state index in [1.165, 1.54) is 25.3 Å². The summed E-state index contributed by atoms with van der Waals surface area (Å²) >= 11 is 6.08. The van der Waals surface area contributed by atoms with E-state index in [2.05, 4.69) is 22.3 Å². The monoisotopic (exact) mass is 421 g/mol. The van der Waals surface area contributed by atoms with Crippen LogP contribution in [-0.2, 0) is 14.3 Å². The highest BCUT2D eigenvalue weighted by Crippen LogP contribution is 2.37. The maximum absolute atomic E-state index is 12.9. The fraction of sp³-hybridized carbons (Fsp3) is 0.500. The third-order valence-electron chi connectivity index (χ3n) is 5.75. The molecule has 0 radical (unpaired) electrons. The van der Waals surface area contributed by atoms with Crippen molar-refractivity contribution >= 4 is 41.1 Å². The van der Waals surface area contributed by atoms with Crippen LogP contribution in [0.15, 0.2) is 18.2 Å². The summed E-state index contributed by atoms with van der Waals surface area (Å²) in [5.74, 6) is -0.957. The molecule has 3 rings (SSSR count). The highest BCUT2D eigenvalue weighted by molar-refractivity contribution is 6.34. The lowest BCUT2D eigenvalue weighted by atomic mass is 9.75. The first kappa shape index (κ1) is 21.1. The van der Waals surface area contributed by atoms with Crippen LogP contribution in [0.1, 0.15) is 49.4 Å². The molecule has 0 atom stereocenters. The number of hydrogen-bond donors (Lipinski definition) is 2. The van der Waals surface area contributed by atoms with Gasteiger partial charge in [-0.2, -0.15) is 0 Å². The number of nitrogens with one attached hydrogen (secondary N) is 2. The first-order valence-corrected chi connectivity index (χ1v) is 9.99. The summed E-state index contributed by atoms with van der Waals surface area (Å²) in [7, 11) is 1.25. The molecule has 2 N–H and O–H groups in total. The zero-order chi connectivity index (χ0) is 21.2. The number of benzene rings is 1. The summed E-state index contributed by atoms with van der Waals surface area (Å²) < 4.78 is 4.65. The van der Waals surface area contributed by atoms with E-state index in [-0.39, 0.29) is 22.2 Å². The fourth-order valence-electron chi connectivity index (χ4n) is 3.94. The molecule has 0 unspecified atom stereocenters. The van der Waals surface area contributed by atoms with Gasteiger partial charge in [-0.05, 0) is 49.8 Å². The number of hydrogen-bond acceptors (Lipinski definition) is 5. The number of rotatable bonds is 5. The molecule has 2 aliphatic rings. The minimum Gasteiger partial charge on any atom is -0.465 e. The maximum atomic E-state index is 12.9. The highest BCUT2D eigenvalue weighted by atomic mass is 35.5. The Labute approximate surface area is 173 Å². The van der Waals surface area contributed by atoms with E-state index in [9.17, 15) is 19.2 Å². The Bertz CT molecular complexity index is 849. The van der Waals surface area contributed by atoms with Crippen molar-refractivity contribution in [3.63, 3.8) is 0 Å². The van der Waals surface area contributed by atoms with Gasteiger partial charge < -0.3 is 15.4 Å². The molecule has 9 heteroatoms. The van der Waals surface area contributed by atoms with Crippen LogP contribution < -0.4 is 10.6 Å². The molecule has 4 amide bonds. The second-order valence-corrected chi connectivity index (χ2v) is 7.90. The molecule has 8 nitrogen and oxygen atoms in total. The number of methoxy groups -OCH3 is 1. The Kier molecular flexibility index (Phi) is 6.12. The number of carbonyl (C=O) groups excluding carboxylic acids is 4. The molecule has 1 heterocycles. The summed E-state index contributed by atoms with van der Waals surface area (Å²) in [5.41, 5.74) is -0.482. The third-order valence-corrected chi connectivity index (χ3v) is 6.07. The number of nitrogens with zero attached hydrogens (tertiary/aromatic N) is 1. The lowest BCUT2D eigenvalue weighted by molar-refractivity contribution is -0.135. The number of imide groups is 1. The molecule has 29 heavy (non-hydrogen) atoms. The smallest absolute Gasteiger partial charge is 0.337 e. The predicted molar refractivity (Wildman–Crippen MR) is 107 cm³/mol.